The molecule has 0 radical (unpaired) electrons. The first-order valence-electron chi connectivity index (χ1n) is 8.43. The van der Waals surface area contributed by atoms with E-state index in [0.29, 0.717) is 23.9 Å². The number of carbonyl (C=O) groups is 1. The number of nitrogens with one attached hydrogen (secondary N) is 1. The Morgan fingerprint density at radius 1 is 1.26 bits per heavy atom. The first kappa shape index (κ1) is 17.8. The summed E-state index contributed by atoms with van der Waals surface area (Å²) < 4.78 is 0. The van der Waals surface area contributed by atoms with Gasteiger partial charge in [-0.1, -0.05) is 12.1 Å². The standard InChI is InChI=1S/C18H28N2O3/c1-13(2)20-9-7-14(8-10-20)11-18(23)19-12-17(22)15-3-5-16(21)6-4-15/h3-6,13-14,17,21-22H,7-12H2,1-2H3,(H,19,23)/t17-/m1/s1. The number of amides is 1. The summed E-state index contributed by atoms with van der Waals surface area (Å²) in [5, 5.41) is 22.1. The van der Waals surface area contributed by atoms with Crippen molar-refractivity contribution >= 4 is 5.91 Å². The van der Waals surface area contributed by atoms with Gasteiger partial charge < -0.3 is 20.4 Å². The van der Waals surface area contributed by atoms with Crippen LogP contribution < -0.4 is 5.32 Å². The SMILES string of the molecule is CC(C)N1CCC(CC(=O)NC[C@@H](O)c2ccc(O)cc2)CC1. The van der Waals surface area contributed by atoms with E-state index in [-0.39, 0.29) is 18.2 Å². The van der Waals surface area contributed by atoms with E-state index in [1.165, 1.54) is 12.1 Å². The van der Waals surface area contributed by atoms with Crippen LogP contribution in [-0.2, 0) is 4.79 Å². The number of phenolic OH excluding ortho intramolecular Hbond substituents is 1. The summed E-state index contributed by atoms with van der Waals surface area (Å²) in [7, 11) is 0. The molecular formula is C18H28N2O3. The van der Waals surface area contributed by atoms with Gasteiger partial charge in [-0.15, -0.1) is 0 Å². The number of likely N-dealkylation sites (tertiary alicyclic amines) is 1. The molecule has 1 aromatic carbocycles. The summed E-state index contributed by atoms with van der Waals surface area (Å²) in [6.07, 6.45) is 1.91. The van der Waals surface area contributed by atoms with E-state index in [1.807, 2.05) is 0 Å². The molecule has 1 aliphatic heterocycles. The Bertz CT molecular complexity index is 493. The van der Waals surface area contributed by atoms with Gasteiger partial charge in [0.15, 0.2) is 0 Å². The second kappa shape index (κ2) is 8.31. The fourth-order valence-electron chi connectivity index (χ4n) is 3.03. The lowest BCUT2D eigenvalue weighted by atomic mass is 9.92. The average Bonchev–Trinajstić information content (AvgIpc) is 2.54. The van der Waals surface area contributed by atoms with Gasteiger partial charge in [-0.2, -0.15) is 0 Å². The Hall–Kier alpha value is -1.59. The van der Waals surface area contributed by atoms with Crippen LogP contribution in [0.4, 0.5) is 0 Å². The number of aromatic hydroxyl groups is 1. The number of piperidine rings is 1. The summed E-state index contributed by atoms with van der Waals surface area (Å²) in [5.74, 6) is 0.611. The van der Waals surface area contributed by atoms with Crippen molar-refractivity contribution < 1.29 is 15.0 Å². The molecule has 5 heteroatoms. The van der Waals surface area contributed by atoms with Crippen LogP contribution in [0.25, 0.3) is 0 Å². The van der Waals surface area contributed by atoms with E-state index in [1.54, 1.807) is 12.1 Å². The van der Waals surface area contributed by atoms with Crippen molar-refractivity contribution in [2.45, 2.75) is 45.3 Å². The predicted molar refractivity (Wildman–Crippen MR) is 90.1 cm³/mol. The third kappa shape index (κ3) is 5.52. The first-order valence-corrected chi connectivity index (χ1v) is 8.43. The largest absolute Gasteiger partial charge is 0.508 e. The smallest absolute Gasteiger partial charge is 0.220 e. The lowest BCUT2D eigenvalue weighted by molar-refractivity contribution is -0.122. The number of rotatable bonds is 6. The van der Waals surface area contributed by atoms with Crippen molar-refractivity contribution in [2.75, 3.05) is 19.6 Å². The van der Waals surface area contributed by atoms with Crippen LogP contribution in [0.5, 0.6) is 5.75 Å². The predicted octanol–water partition coefficient (Wildman–Crippen LogP) is 2.05. The summed E-state index contributed by atoms with van der Waals surface area (Å²) in [4.78, 5) is 14.5. The summed E-state index contributed by atoms with van der Waals surface area (Å²) in [5.41, 5.74) is 0.688. The van der Waals surface area contributed by atoms with Crippen molar-refractivity contribution in [3.63, 3.8) is 0 Å². The minimum Gasteiger partial charge on any atom is -0.508 e. The van der Waals surface area contributed by atoms with Crippen molar-refractivity contribution in [3.05, 3.63) is 29.8 Å². The maximum absolute atomic E-state index is 12.0. The van der Waals surface area contributed by atoms with Gasteiger partial charge in [0.25, 0.3) is 0 Å². The Morgan fingerprint density at radius 3 is 2.43 bits per heavy atom. The zero-order valence-corrected chi connectivity index (χ0v) is 14.0. The van der Waals surface area contributed by atoms with Crippen LogP contribution >= 0.6 is 0 Å². The Labute approximate surface area is 138 Å². The summed E-state index contributed by atoms with van der Waals surface area (Å²) in [6.45, 7) is 6.74. The first-order chi connectivity index (χ1) is 11.0. The maximum Gasteiger partial charge on any atom is 0.220 e. The molecule has 1 aliphatic rings. The van der Waals surface area contributed by atoms with Gasteiger partial charge in [0, 0.05) is 19.0 Å². The van der Waals surface area contributed by atoms with Gasteiger partial charge in [0.2, 0.25) is 5.91 Å². The number of carbonyl (C=O) groups excluding carboxylic acids is 1. The van der Waals surface area contributed by atoms with Crippen molar-refractivity contribution in [3.8, 4) is 5.75 Å². The maximum atomic E-state index is 12.0. The molecule has 1 amide bonds. The van der Waals surface area contributed by atoms with Crippen molar-refractivity contribution in [2.24, 2.45) is 5.92 Å². The fraction of sp³-hybridized carbons (Fsp3) is 0.611. The van der Waals surface area contributed by atoms with E-state index >= 15 is 0 Å². The van der Waals surface area contributed by atoms with Gasteiger partial charge in [-0.25, -0.2) is 0 Å². The zero-order chi connectivity index (χ0) is 16.8. The van der Waals surface area contributed by atoms with E-state index in [4.69, 9.17) is 0 Å². The minimum atomic E-state index is -0.748. The molecule has 1 heterocycles. The lowest BCUT2D eigenvalue weighted by Gasteiger charge is -2.34. The molecule has 5 nitrogen and oxygen atoms in total. The number of aliphatic hydroxyl groups excluding tert-OH is 1. The van der Waals surface area contributed by atoms with Gasteiger partial charge >= 0.3 is 0 Å². The molecule has 3 N–H and O–H groups in total. The van der Waals surface area contributed by atoms with E-state index in [9.17, 15) is 15.0 Å². The van der Waals surface area contributed by atoms with Crippen molar-refractivity contribution in [1.82, 2.24) is 10.2 Å². The Kier molecular flexibility index (Phi) is 6.42. The topological polar surface area (TPSA) is 72.8 Å². The minimum absolute atomic E-state index is 0.00539. The summed E-state index contributed by atoms with van der Waals surface area (Å²) in [6, 6.07) is 6.96. The molecule has 0 aromatic heterocycles. The highest BCUT2D eigenvalue weighted by Crippen LogP contribution is 2.22. The molecule has 1 aromatic rings. The lowest BCUT2D eigenvalue weighted by Crippen LogP contribution is -2.40. The Balaban J connectivity index is 1.70. The molecule has 23 heavy (non-hydrogen) atoms. The van der Waals surface area contributed by atoms with Crippen LogP contribution in [0.15, 0.2) is 24.3 Å². The van der Waals surface area contributed by atoms with E-state index in [0.717, 1.165) is 25.9 Å². The molecule has 0 bridgehead atoms. The zero-order valence-electron chi connectivity index (χ0n) is 14.0. The van der Waals surface area contributed by atoms with Gasteiger partial charge in [0.1, 0.15) is 5.75 Å². The van der Waals surface area contributed by atoms with Gasteiger partial charge in [-0.3, -0.25) is 4.79 Å². The normalized spacial score (nSPS) is 18.1. The number of hydrogen-bond donors (Lipinski definition) is 3. The fourth-order valence-corrected chi connectivity index (χ4v) is 3.03. The van der Waals surface area contributed by atoms with Crippen LogP contribution in [0.2, 0.25) is 0 Å². The van der Waals surface area contributed by atoms with Crippen molar-refractivity contribution in [1.29, 1.82) is 0 Å². The highest BCUT2D eigenvalue weighted by molar-refractivity contribution is 5.76. The van der Waals surface area contributed by atoms with Crippen LogP contribution in [0.3, 0.4) is 0 Å². The molecular weight excluding hydrogens is 292 g/mol. The average molecular weight is 320 g/mol. The second-order valence-electron chi connectivity index (χ2n) is 6.69. The number of aliphatic hydroxyl groups is 1. The van der Waals surface area contributed by atoms with Crippen LogP contribution in [-0.4, -0.2) is 46.7 Å². The molecule has 128 valence electrons. The monoisotopic (exact) mass is 320 g/mol. The third-order valence-electron chi connectivity index (χ3n) is 4.62. The molecule has 0 unspecified atom stereocenters. The highest BCUT2D eigenvalue weighted by Gasteiger charge is 2.22. The van der Waals surface area contributed by atoms with Crippen LogP contribution in [0, 0.1) is 5.92 Å². The van der Waals surface area contributed by atoms with Gasteiger partial charge in [0.05, 0.1) is 6.10 Å². The summed E-state index contributed by atoms with van der Waals surface area (Å²) >= 11 is 0. The number of phenols is 1. The van der Waals surface area contributed by atoms with Crippen LogP contribution in [0.1, 0.15) is 44.8 Å². The third-order valence-corrected chi connectivity index (χ3v) is 4.62. The molecule has 0 saturated carbocycles. The quantitative estimate of drug-likeness (QED) is 0.750. The molecule has 1 atom stereocenters. The van der Waals surface area contributed by atoms with E-state index in [2.05, 4.69) is 24.1 Å². The Morgan fingerprint density at radius 2 is 1.87 bits per heavy atom. The molecule has 0 aliphatic carbocycles. The van der Waals surface area contributed by atoms with E-state index < -0.39 is 6.10 Å². The van der Waals surface area contributed by atoms with Gasteiger partial charge in [-0.05, 0) is 63.4 Å². The number of nitrogens with zero attached hydrogens (tertiary/aromatic N) is 1. The molecule has 1 saturated heterocycles. The number of benzene rings is 1. The molecule has 0 spiro atoms. The molecule has 1 fully saturated rings. The second-order valence-corrected chi connectivity index (χ2v) is 6.69. The molecule has 2 rings (SSSR count). The highest BCUT2D eigenvalue weighted by atomic mass is 16.3. The number of hydrogen-bond acceptors (Lipinski definition) is 4.